The molecule has 1 heterocycles. The molecule has 1 aromatic heterocycles. The smallest absolute Gasteiger partial charge is 0.307 e. The Bertz CT molecular complexity index is 675. The van der Waals surface area contributed by atoms with Crippen LogP contribution in [0, 0.1) is 6.92 Å². The lowest BCUT2D eigenvalue weighted by Gasteiger charge is -2.09. The first-order chi connectivity index (χ1) is 11.0. The van der Waals surface area contributed by atoms with Crippen LogP contribution in [0.5, 0.6) is 0 Å². The van der Waals surface area contributed by atoms with Gasteiger partial charge in [-0.15, -0.1) is 0 Å². The number of esters is 1. The van der Waals surface area contributed by atoms with Crippen molar-refractivity contribution in [2.24, 2.45) is 0 Å². The largest absolute Gasteiger partial charge is 0.463 e. The number of carbonyl (C=O) groups excluding carboxylic acids is 2. The molecule has 6 heteroatoms. The van der Waals surface area contributed by atoms with Gasteiger partial charge in [0.05, 0.1) is 18.2 Å². The van der Waals surface area contributed by atoms with Crippen molar-refractivity contribution < 1.29 is 14.3 Å². The summed E-state index contributed by atoms with van der Waals surface area (Å²) in [6.07, 6.45) is 1.75. The third-order valence-electron chi connectivity index (χ3n) is 3.19. The molecule has 122 valence electrons. The van der Waals surface area contributed by atoms with Crippen LogP contribution in [0.2, 0.25) is 0 Å². The van der Waals surface area contributed by atoms with Gasteiger partial charge in [-0.25, -0.2) is 4.68 Å². The molecule has 0 aliphatic carbocycles. The number of benzene rings is 1. The van der Waals surface area contributed by atoms with E-state index in [1.807, 2.05) is 25.1 Å². The van der Waals surface area contributed by atoms with Crippen LogP contribution in [-0.2, 0) is 9.53 Å². The molecule has 2 rings (SSSR count). The lowest BCUT2D eigenvalue weighted by molar-refractivity contribution is -0.147. The maximum Gasteiger partial charge on any atom is 0.307 e. The Morgan fingerprint density at radius 3 is 2.48 bits per heavy atom. The number of nitrogens with zero attached hydrogens (tertiary/aromatic N) is 2. The van der Waals surface area contributed by atoms with Crippen LogP contribution in [0.4, 0.5) is 0 Å². The number of nitrogens with one attached hydrogen (secondary N) is 1. The Hall–Kier alpha value is -2.63. The Morgan fingerprint density at radius 2 is 1.91 bits per heavy atom. The topological polar surface area (TPSA) is 73.2 Å². The average Bonchev–Trinajstić information content (AvgIpc) is 2.92. The van der Waals surface area contributed by atoms with E-state index in [2.05, 4.69) is 10.4 Å². The summed E-state index contributed by atoms with van der Waals surface area (Å²) in [5, 5.41) is 6.92. The molecule has 0 atom stereocenters. The zero-order valence-electron chi connectivity index (χ0n) is 13.6. The summed E-state index contributed by atoms with van der Waals surface area (Å²) in [4.78, 5) is 23.4. The molecule has 0 radical (unpaired) electrons. The summed E-state index contributed by atoms with van der Waals surface area (Å²) in [5.41, 5.74) is 2.45. The minimum absolute atomic E-state index is 0.142. The molecule has 1 N–H and O–H groups in total. The van der Waals surface area contributed by atoms with Gasteiger partial charge >= 0.3 is 5.97 Å². The van der Waals surface area contributed by atoms with Crippen molar-refractivity contribution in [3.63, 3.8) is 0 Å². The van der Waals surface area contributed by atoms with Gasteiger partial charge in [0.15, 0.2) is 0 Å². The molecule has 0 unspecified atom stereocenters. The van der Waals surface area contributed by atoms with Gasteiger partial charge in [0, 0.05) is 24.0 Å². The number of amides is 1. The van der Waals surface area contributed by atoms with Crippen LogP contribution in [0.3, 0.4) is 0 Å². The molecule has 0 aliphatic rings. The van der Waals surface area contributed by atoms with E-state index in [-0.39, 0.29) is 30.9 Å². The second-order valence-electron chi connectivity index (χ2n) is 5.48. The zero-order valence-corrected chi connectivity index (χ0v) is 13.6. The van der Waals surface area contributed by atoms with Gasteiger partial charge in [-0.1, -0.05) is 0 Å². The summed E-state index contributed by atoms with van der Waals surface area (Å²) >= 11 is 0. The molecular formula is C17H21N3O3. The van der Waals surface area contributed by atoms with Crippen LogP contribution in [0.25, 0.3) is 5.69 Å². The normalized spacial score (nSPS) is 10.6. The Kier molecular flexibility index (Phi) is 5.51. The summed E-state index contributed by atoms with van der Waals surface area (Å²) in [7, 11) is 0. The van der Waals surface area contributed by atoms with Gasteiger partial charge in [-0.3, -0.25) is 9.59 Å². The standard InChI is InChI=1S/C17H21N3O3/c1-12(2)23-16(21)9-10-18-17(22)14-4-6-15(7-5-14)20-13(3)8-11-19-20/h4-8,11-12H,9-10H2,1-3H3,(H,18,22). The predicted molar refractivity (Wildman–Crippen MR) is 86.5 cm³/mol. The lowest BCUT2D eigenvalue weighted by Crippen LogP contribution is -2.27. The molecule has 0 saturated carbocycles. The SMILES string of the molecule is Cc1ccnn1-c1ccc(C(=O)NCCC(=O)OC(C)C)cc1. The van der Waals surface area contributed by atoms with Crippen LogP contribution in [0.1, 0.15) is 36.3 Å². The zero-order chi connectivity index (χ0) is 16.8. The van der Waals surface area contributed by atoms with Crippen LogP contribution < -0.4 is 5.32 Å². The number of hydrogen-bond acceptors (Lipinski definition) is 4. The molecule has 23 heavy (non-hydrogen) atoms. The Labute approximate surface area is 135 Å². The van der Waals surface area contributed by atoms with E-state index in [0.717, 1.165) is 11.4 Å². The quantitative estimate of drug-likeness (QED) is 0.830. The van der Waals surface area contributed by atoms with E-state index in [4.69, 9.17) is 4.74 Å². The van der Waals surface area contributed by atoms with E-state index >= 15 is 0 Å². The first kappa shape index (κ1) is 16.7. The number of ether oxygens (including phenoxy) is 1. The molecule has 0 saturated heterocycles. The highest BCUT2D eigenvalue weighted by Crippen LogP contribution is 2.11. The van der Waals surface area contributed by atoms with Gasteiger partial charge < -0.3 is 10.1 Å². The summed E-state index contributed by atoms with van der Waals surface area (Å²) in [6, 6.07) is 9.05. The van der Waals surface area contributed by atoms with Gasteiger partial charge in [0.2, 0.25) is 0 Å². The van der Waals surface area contributed by atoms with Crippen molar-refractivity contribution >= 4 is 11.9 Å². The minimum Gasteiger partial charge on any atom is -0.463 e. The fourth-order valence-electron chi connectivity index (χ4n) is 2.10. The summed E-state index contributed by atoms with van der Waals surface area (Å²) < 4.78 is 6.80. The second-order valence-corrected chi connectivity index (χ2v) is 5.48. The molecular weight excluding hydrogens is 294 g/mol. The molecule has 2 aromatic rings. The highest BCUT2D eigenvalue weighted by molar-refractivity contribution is 5.94. The second kappa shape index (κ2) is 7.58. The molecule has 0 spiro atoms. The number of hydrogen-bond donors (Lipinski definition) is 1. The van der Waals surface area contributed by atoms with Gasteiger partial charge in [0.1, 0.15) is 0 Å². The molecule has 0 fully saturated rings. The van der Waals surface area contributed by atoms with Crippen LogP contribution in [-0.4, -0.2) is 34.3 Å². The van der Waals surface area contributed by atoms with Crippen molar-refractivity contribution in [1.82, 2.24) is 15.1 Å². The average molecular weight is 315 g/mol. The Balaban J connectivity index is 1.88. The first-order valence-corrected chi connectivity index (χ1v) is 7.56. The fraction of sp³-hybridized carbons (Fsp3) is 0.353. The predicted octanol–water partition coefficient (Wildman–Crippen LogP) is 2.25. The number of aromatic nitrogens is 2. The third-order valence-corrected chi connectivity index (χ3v) is 3.19. The first-order valence-electron chi connectivity index (χ1n) is 7.56. The van der Waals surface area contributed by atoms with Crippen LogP contribution >= 0.6 is 0 Å². The number of carbonyl (C=O) groups is 2. The maximum atomic E-state index is 12.0. The van der Waals surface area contributed by atoms with Crippen molar-refractivity contribution in [1.29, 1.82) is 0 Å². The van der Waals surface area contributed by atoms with Crippen molar-refractivity contribution in [3.8, 4) is 5.69 Å². The van der Waals surface area contributed by atoms with E-state index in [1.54, 1.807) is 36.9 Å². The van der Waals surface area contributed by atoms with Gasteiger partial charge in [-0.05, 0) is 51.1 Å². The van der Waals surface area contributed by atoms with Crippen molar-refractivity contribution in [2.45, 2.75) is 33.3 Å². The van der Waals surface area contributed by atoms with E-state index in [9.17, 15) is 9.59 Å². The molecule has 0 bridgehead atoms. The van der Waals surface area contributed by atoms with Crippen LogP contribution in [0.15, 0.2) is 36.5 Å². The summed E-state index contributed by atoms with van der Waals surface area (Å²) in [6.45, 7) is 5.80. The molecule has 1 amide bonds. The Morgan fingerprint density at radius 1 is 1.22 bits per heavy atom. The fourth-order valence-corrected chi connectivity index (χ4v) is 2.10. The van der Waals surface area contributed by atoms with E-state index < -0.39 is 0 Å². The highest BCUT2D eigenvalue weighted by Gasteiger charge is 2.09. The molecule has 1 aromatic carbocycles. The lowest BCUT2D eigenvalue weighted by atomic mass is 10.2. The molecule has 0 aliphatic heterocycles. The van der Waals surface area contributed by atoms with Gasteiger partial charge in [-0.2, -0.15) is 5.10 Å². The molecule has 6 nitrogen and oxygen atoms in total. The summed E-state index contributed by atoms with van der Waals surface area (Å²) in [5.74, 6) is -0.532. The monoisotopic (exact) mass is 315 g/mol. The minimum atomic E-state index is -0.315. The van der Waals surface area contributed by atoms with E-state index in [0.29, 0.717) is 5.56 Å². The van der Waals surface area contributed by atoms with Crippen molar-refractivity contribution in [3.05, 3.63) is 47.8 Å². The van der Waals surface area contributed by atoms with Crippen molar-refractivity contribution in [2.75, 3.05) is 6.54 Å². The highest BCUT2D eigenvalue weighted by atomic mass is 16.5. The number of rotatable bonds is 6. The number of aryl methyl sites for hydroxylation is 1. The van der Waals surface area contributed by atoms with E-state index in [1.165, 1.54) is 0 Å². The van der Waals surface area contributed by atoms with Gasteiger partial charge in [0.25, 0.3) is 5.91 Å². The third kappa shape index (κ3) is 4.67. The maximum absolute atomic E-state index is 12.0.